The first kappa shape index (κ1) is 17.6. The summed E-state index contributed by atoms with van der Waals surface area (Å²) in [4.78, 5) is 40.6. The van der Waals surface area contributed by atoms with E-state index in [1.807, 2.05) is 6.07 Å². The van der Waals surface area contributed by atoms with E-state index in [9.17, 15) is 14.4 Å². The van der Waals surface area contributed by atoms with Crippen LogP contribution in [0.4, 0.5) is 4.79 Å². The summed E-state index contributed by atoms with van der Waals surface area (Å²) < 4.78 is 16.6. The quantitative estimate of drug-likeness (QED) is 0.735. The van der Waals surface area contributed by atoms with Crippen LogP contribution >= 0.6 is 0 Å². The lowest BCUT2D eigenvalue weighted by atomic mass is 9.65. The highest BCUT2D eigenvalue weighted by molar-refractivity contribution is 6.19. The van der Waals surface area contributed by atoms with Crippen LogP contribution in [0.2, 0.25) is 0 Å². The number of hydrogen-bond donors (Lipinski definition) is 1. The molecule has 0 aromatic heterocycles. The number of fused-ring (bicyclic) bond motifs is 2. The summed E-state index contributed by atoms with van der Waals surface area (Å²) in [7, 11) is 6.02. The third kappa shape index (κ3) is 2.11. The van der Waals surface area contributed by atoms with Gasteiger partial charge in [0.2, 0.25) is 24.4 Å². The monoisotopic (exact) mass is 375 g/mol. The maximum absolute atomic E-state index is 13.2. The number of barbiturate groups is 1. The zero-order valence-electron chi connectivity index (χ0n) is 15.6. The summed E-state index contributed by atoms with van der Waals surface area (Å²) >= 11 is 0. The van der Waals surface area contributed by atoms with Crippen molar-refractivity contribution in [1.29, 1.82) is 0 Å². The Morgan fingerprint density at radius 3 is 2.44 bits per heavy atom. The molecule has 0 saturated carbocycles. The molecule has 1 saturated heterocycles. The average Bonchev–Trinajstić information content (AvgIpc) is 3.15. The Morgan fingerprint density at radius 1 is 1.19 bits per heavy atom. The minimum atomic E-state index is -1.43. The number of hydrogen-bond acceptors (Lipinski definition) is 7. The van der Waals surface area contributed by atoms with Crippen molar-refractivity contribution in [3.8, 4) is 17.2 Å². The lowest BCUT2D eigenvalue weighted by molar-refractivity contribution is -0.160. The van der Waals surface area contributed by atoms with Gasteiger partial charge in [-0.2, -0.15) is 0 Å². The van der Waals surface area contributed by atoms with Gasteiger partial charge in [0, 0.05) is 32.1 Å². The molecule has 4 rings (SSSR count). The summed E-state index contributed by atoms with van der Waals surface area (Å²) in [6.07, 6.45) is 0.513. The van der Waals surface area contributed by atoms with Gasteiger partial charge in [0.25, 0.3) is 0 Å². The molecule has 27 heavy (non-hydrogen) atoms. The van der Waals surface area contributed by atoms with Crippen molar-refractivity contribution < 1.29 is 28.6 Å². The summed E-state index contributed by atoms with van der Waals surface area (Å²) in [5.74, 6) is 0.502. The number of benzene rings is 1. The van der Waals surface area contributed by atoms with Crippen LogP contribution in [-0.2, 0) is 22.4 Å². The predicted molar refractivity (Wildman–Crippen MR) is 92.7 cm³/mol. The Kier molecular flexibility index (Phi) is 3.81. The molecule has 4 amide bonds. The first-order valence-corrected chi connectivity index (χ1v) is 8.62. The minimum absolute atomic E-state index is 0.0903. The molecule has 2 heterocycles. The molecule has 1 N–H and O–H groups in total. The molecule has 144 valence electrons. The molecule has 0 bridgehead atoms. The molecule has 1 aliphatic carbocycles. The zero-order valence-corrected chi connectivity index (χ0v) is 15.6. The number of methoxy groups -OCH3 is 1. The lowest BCUT2D eigenvalue weighted by Crippen LogP contribution is -2.70. The summed E-state index contributed by atoms with van der Waals surface area (Å²) in [5, 5.41) is 3.11. The largest absolute Gasteiger partial charge is 0.492 e. The highest BCUT2D eigenvalue weighted by Gasteiger charge is 2.61. The first-order chi connectivity index (χ1) is 12.9. The molecule has 1 spiro atoms. The SMILES string of the molecule is CN[C@@H]1Cc2cc3c(c(OC)c2CC12C(=O)N(C)C(=O)N(C)C2=O)OCO3. The lowest BCUT2D eigenvalue weighted by Gasteiger charge is -2.48. The third-order valence-electron chi connectivity index (χ3n) is 5.79. The Morgan fingerprint density at radius 2 is 1.85 bits per heavy atom. The number of nitrogens with one attached hydrogen (secondary N) is 1. The van der Waals surface area contributed by atoms with E-state index in [0.29, 0.717) is 23.7 Å². The van der Waals surface area contributed by atoms with E-state index < -0.39 is 29.3 Å². The number of urea groups is 1. The van der Waals surface area contributed by atoms with E-state index in [1.54, 1.807) is 7.05 Å². The van der Waals surface area contributed by atoms with Crippen LogP contribution < -0.4 is 19.5 Å². The molecule has 0 unspecified atom stereocenters. The second-order valence-corrected chi connectivity index (χ2v) is 6.99. The maximum atomic E-state index is 13.2. The van der Waals surface area contributed by atoms with Gasteiger partial charge in [-0.15, -0.1) is 0 Å². The normalized spacial score (nSPS) is 23.1. The Balaban J connectivity index is 1.91. The van der Waals surface area contributed by atoms with Crippen LogP contribution in [0, 0.1) is 5.41 Å². The first-order valence-electron chi connectivity index (χ1n) is 8.62. The maximum Gasteiger partial charge on any atom is 0.332 e. The van der Waals surface area contributed by atoms with Crippen molar-refractivity contribution in [2.75, 3.05) is 35.0 Å². The van der Waals surface area contributed by atoms with E-state index in [0.717, 1.165) is 20.9 Å². The number of carbonyl (C=O) groups is 3. The second kappa shape index (κ2) is 5.85. The van der Waals surface area contributed by atoms with Crippen molar-refractivity contribution in [3.63, 3.8) is 0 Å². The van der Waals surface area contributed by atoms with E-state index in [2.05, 4.69) is 5.32 Å². The fourth-order valence-corrected chi connectivity index (χ4v) is 4.38. The Hall–Kier alpha value is -2.81. The fourth-order valence-electron chi connectivity index (χ4n) is 4.38. The summed E-state index contributed by atoms with van der Waals surface area (Å²) in [6.45, 7) is 0.0903. The standard InChI is InChI=1S/C18H21N3O6/c1-19-12-6-9-5-11-14(27-8-26-11)13(25-4)10(9)7-18(12)15(22)20(2)17(24)21(3)16(18)23/h5,12,19H,6-8H2,1-4H3/t12-/m1/s1. The number of likely N-dealkylation sites (N-methyl/N-ethyl adjacent to an activating group) is 1. The number of nitrogens with zero attached hydrogens (tertiary/aromatic N) is 2. The van der Waals surface area contributed by atoms with E-state index >= 15 is 0 Å². The van der Waals surface area contributed by atoms with Gasteiger partial charge < -0.3 is 19.5 Å². The molecule has 1 atom stereocenters. The van der Waals surface area contributed by atoms with Crippen LogP contribution in [0.5, 0.6) is 17.2 Å². The van der Waals surface area contributed by atoms with Crippen LogP contribution in [0.3, 0.4) is 0 Å². The third-order valence-corrected chi connectivity index (χ3v) is 5.79. The van der Waals surface area contributed by atoms with Crippen molar-refractivity contribution >= 4 is 17.8 Å². The summed E-state index contributed by atoms with van der Waals surface area (Å²) in [5.41, 5.74) is 0.218. The van der Waals surface area contributed by atoms with Crippen molar-refractivity contribution in [3.05, 3.63) is 17.2 Å². The molecular weight excluding hydrogens is 354 g/mol. The smallest absolute Gasteiger partial charge is 0.332 e. The Labute approximate surface area is 156 Å². The predicted octanol–water partition coefficient (Wildman–Crippen LogP) is 0.147. The number of imide groups is 2. The molecule has 1 aromatic rings. The van der Waals surface area contributed by atoms with Gasteiger partial charge in [0.05, 0.1) is 7.11 Å². The topological polar surface area (TPSA) is 97.4 Å². The van der Waals surface area contributed by atoms with Gasteiger partial charge in [-0.05, 0) is 25.1 Å². The van der Waals surface area contributed by atoms with Crippen LogP contribution in [0.1, 0.15) is 11.1 Å². The average molecular weight is 375 g/mol. The van der Waals surface area contributed by atoms with Crippen LogP contribution in [0.25, 0.3) is 0 Å². The number of ether oxygens (including phenoxy) is 3. The van der Waals surface area contributed by atoms with E-state index in [-0.39, 0.29) is 13.2 Å². The summed E-state index contributed by atoms with van der Waals surface area (Å²) in [6, 6.07) is 0.760. The molecule has 9 heteroatoms. The molecular formula is C18H21N3O6. The van der Waals surface area contributed by atoms with Gasteiger partial charge >= 0.3 is 6.03 Å². The van der Waals surface area contributed by atoms with Gasteiger partial charge in [-0.1, -0.05) is 0 Å². The number of carbonyl (C=O) groups excluding carboxylic acids is 3. The van der Waals surface area contributed by atoms with Gasteiger partial charge in [0.15, 0.2) is 11.5 Å². The number of amides is 4. The van der Waals surface area contributed by atoms with Gasteiger partial charge in [0.1, 0.15) is 5.41 Å². The molecule has 2 aliphatic heterocycles. The minimum Gasteiger partial charge on any atom is -0.492 e. The van der Waals surface area contributed by atoms with E-state index in [1.165, 1.54) is 21.2 Å². The van der Waals surface area contributed by atoms with Gasteiger partial charge in [-0.3, -0.25) is 19.4 Å². The zero-order chi connectivity index (χ0) is 19.5. The van der Waals surface area contributed by atoms with Crippen LogP contribution in [-0.4, -0.2) is 68.7 Å². The fraction of sp³-hybridized carbons (Fsp3) is 0.500. The molecule has 3 aliphatic rings. The second-order valence-electron chi connectivity index (χ2n) is 6.99. The van der Waals surface area contributed by atoms with Gasteiger partial charge in [-0.25, -0.2) is 4.79 Å². The van der Waals surface area contributed by atoms with E-state index in [4.69, 9.17) is 14.2 Å². The Bertz CT molecular complexity index is 843. The molecule has 1 fully saturated rings. The van der Waals surface area contributed by atoms with Crippen LogP contribution in [0.15, 0.2) is 6.07 Å². The molecule has 1 aromatic carbocycles. The van der Waals surface area contributed by atoms with Crippen molar-refractivity contribution in [1.82, 2.24) is 15.1 Å². The molecule has 9 nitrogen and oxygen atoms in total. The van der Waals surface area contributed by atoms with Crippen molar-refractivity contribution in [2.45, 2.75) is 18.9 Å². The van der Waals surface area contributed by atoms with Crippen molar-refractivity contribution in [2.24, 2.45) is 5.41 Å². The highest BCUT2D eigenvalue weighted by Crippen LogP contribution is 2.51. The number of rotatable bonds is 2. The highest BCUT2D eigenvalue weighted by atomic mass is 16.7. The molecule has 0 radical (unpaired) electrons.